The molecule has 0 bridgehead atoms. The zero-order chi connectivity index (χ0) is 18.9. The number of likely N-dealkylation sites (tertiary alicyclic amines) is 2. The third-order valence-corrected chi connectivity index (χ3v) is 6.41. The van der Waals surface area contributed by atoms with Gasteiger partial charge >= 0.3 is 0 Å². The van der Waals surface area contributed by atoms with Crippen LogP contribution in [0.25, 0.3) is 0 Å². The molecule has 162 valence electrons. The molecule has 1 unspecified atom stereocenters. The predicted octanol–water partition coefficient (Wildman–Crippen LogP) is 2.83. The molecule has 2 aliphatic heterocycles. The molecule has 0 radical (unpaired) electrons. The van der Waals surface area contributed by atoms with Gasteiger partial charge in [-0.05, 0) is 58.2 Å². The van der Waals surface area contributed by atoms with Crippen LogP contribution in [0.15, 0.2) is 4.99 Å². The number of aliphatic imine (C=N–C) groups is 1. The molecule has 2 N–H and O–H groups in total. The van der Waals surface area contributed by atoms with E-state index >= 15 is 0 Å². The predicted molar refractivity (Wildman–Crippen MR) is 126 cm³/mol. The monoisotopic (exact) mass is 505 g/mol. The van der Waals surface area contributed by atoms with Crippen molar-refractivity contribution in [1.82, 2.24) is 20.4 Å². The number of carbonyl (C=O) groups excluding carboxylic acids is 1. The summed E-state index contributed by atoms with van der Waals surface area (Å²) < 4.78 is 0. The van der Waals surface area contributed by atoms with E-state index in [9.17, 15) is 4.79 Å². The summed E-state index contributed by atoms with van der Waals surface area (Å²) in [7, 11) is 1.83. The van der Waals surface area contributed by atoms with Gasteiger partial charge in [-0.1, -0.05) is 25.7 Å². The number of halogens is 1. The maximum atomic E-state index is 12.6. The molecule has 1 amide bonds. The summed E-state index contributed by atoms with van der Waals surface area (Å²) in [6.07, 6.45) is 12.3. The van der Waals surface area contributed by atoms with Gasteiger partial charge in [-0.15, -0.1) is 24.0 Å². The number of nitrogens with one attached hydrogen (secondary N) is 2. The summed E-state index contributed by atoms with van der Waals surface area (Å²) in [4.78, 5) is 21.6. The van der Waals surface area contributed by atoms with Crippen molar-refractivity contribution < 1.29 is 4.79 Å². The van der Waals surface area contributed by atoms with Crippen LogP contribution in [0.3, 0.4) is 0 Å². The van der Waals surface area contributed by atoms with Gasteiger partial charge in [-0.2, -0.15) is 0 Å². The molecule has 28 heavy (non-hydrogen) atoms. The fourth-order valence-corrected chi connectivity index (χ4v) is 4.77. The van der Waals surface area contributed by atoms with Crippen molar-refractivity contribution >= 4 is 35.8 Å². The first-order chi connectivity index (χ1) is 13.3. The Kier molecular flexibility index (Phi) is 10.9. The highest BCUT2D eigenvalue weighted by molar-refractivity contribution is 14.0. The number of nitrogens with zero attached hydrogens (tertiary/aromatic N) is 3. The van der Waals surface area contributed by atoms with Crippen molar-refractivity contribution in [1.29, 1.82) is 0 Å². The molecule has 1 saturated carbocycles. The maximum absolute atomic E-state index is 12.6. The lowest BCUT2D eigenvalue weighted by Crippen LogP contribution is -2.46. The first-order valence-electron chi connectivity index (χ1n) is 11.2. The van der Waals surface area contributed by atoms with Gasteiger partial charge in [-0.25, -0.2) is 0 Å². The molecule has 7 heteroatoms. The molecule has 0 spiro atoms. The summed E-state index contributed by atoms with van der Waals surface area (Å²) >= 11 is 0. The smallest absolute Gasteiger partial charge is 0.225 e. The third-order valence-electron chi connectivity index (χ3n) is 6.41. The highest BCUT2D eigenvalue weighted by atomic mass is 127. The van der Waals surface area contributed by atoms with E-state index in [0.29, 0.717) is 17.9 Å². The lowest BCUT2D eigenvalue weighted by Gasteiger charge is -2.22. The molecule has 0 aromatic heterocycles. The Balaban J connectivity index is 0.00000280. The van der Waals surface area contributed by atoms with Crippen molar-refractivity contribution in [3.63, 3.8) is 0 Å². The van der Waals surface area contributed by atoms with Gasteiger partial charge in [0.05, 0.1) is 0 Å². The van der Waals surface area contributed by atoms with Gasteiger partial charge in [-0.3, -0.25) is 9.79 Å². The minimum absolute atomic E-state index is 0. The van der Waals surface area contributed by atoms with Crippen molar-refractivity contribution in [2.45, 2.75) is 70.3 Å². The molecule has 0 aromatic carbocycles. The summed E-state index contributed by atoms with van der Waals surface area (Å²) in [5.74, 6) is 1.56. The standard InChI is InChI=1S/C21H39N5O.HI/c1-22-21(23-12-8-15-25-13-6-2-3-7-14-25)24-19-11-16-26(17-19)20(27)18-9-4-5-10-18;/h18-19H,2-17H2,1H3,(H2,22,23,24);1H. The van der Waals surface area contributed by atoms with Crippen molar-refractivity contribution in [2.24, 2.45) is 10.9 Å². The Morgan fingerprint density at radius 1 is 1.00 bits per heavy atom. The van der Waals surface area contributed by atoms with Crippen LogP contribution in [0.2, 0.25) is 0 Å². The Hall–Kier alpha value is -0.570. The molecular weight excluding hydrogens is 465 g/mol. The van der Waals surface area contributed by atoms with E-state index in [-0.39, 0.29) is 24.0 Å². The minimum atomic E-state index is 0. The molecule has 1 atom stereocenters. The van der Waals surface area contributed by atoms with Crippen LogP contribution in [0, 0.1) is 5.92 Å². The Morgan fingerprint density at radius 3 is 2.39 bits per heavy atom. The van der Waals surface area contributed by atoms with Crippen molar-refractivity contribution in [2.75, 3.05) is 46.3 Å². The molecule has 0 aromatic rings. The van der Waals surface area contributed by atoms with Crippen molar-refractivity contribution in [3.8, 4) is 0 Å². The molecule has 3 rings (SSSR count). The summed E-state index contributed by atoms with van der Waals surface area (Å²) in [5.41, 5.74) is 0. The summed E-state index contributed by atoms with van der Waals surface area (Å²) in [5, 5.41) is 6.98. The van der Waals surface area contributed by atoms with Crippen molar-refractivity contribution in [3.05, 3.63) is 0 Å². The number of guanidine groups is 1. The van der Waals surface area contributed by atoms with E-state index in [0.717, 1.165) is 51.3 Å². The number of carbonyl (C=O) groups is 1. The first-order valence-corrected chi connectivity index (χ1v) is 11.2. The highest BCUT2D eigenvalue weighted by Crippen LogP contribution is 2.27. The Bertz CT molecular complexity index is 487. The van der Waals surface area contributed by atoms with Crippen LogP contribution in [0.1, 0.15) is 64.2 Å². The van der Waals surface area contributed by atoms with Gasteiger partial charge in [0.1, 0.15) is 0 Å². The topological polar surface area (TPSA) is 60.0 Å². The van der Waals surface area contributed by atoms with Crippen LogP contribution in [-0.4, -0.2) is 74.0 Å². The SMILES string of the molecule is CN=C(NCCCN1CCCCCC1)NC1CCN(C(=O)C2CCCC2)C1.I. The zero-order valence-electron chi connectivity index (χ0n) is 17.6. The molecule has 3 aliphatic rings. The van der Waals surface area contributed by atoms with Crippen LogP contribution in [0.4, 0.5) is 0 Å². The van der Waals surface area contributed by atoms with Crippen LogP contribution < -0.4 is 10.6 Å². The van der Waals surface area contributed by atoms with E-state index in [1.54, 1.807) is 0 Å². The number of hydrogen-bond donors (Lipinski definition) is 2. The first kappa shape index (κ1) is 23.7. The lowest BCUT2D eigenvalue weighted by molar-refractivity contribution is -0.134. The van der Waals surface area contributed by atoms with E-state index in [4.69, 9.17) is 0 Å². The molecule has 6 nitrogen and oxygen atoms in total. The quantitative estimate of drug-likeness (QED) is 0.252. The minimum Gasteiger partial charge on any atom is -0.356 e. The summed E-state index contributed by atoms with van der Waals surface area (Å²) in [6.45, 7) is 6.37. The fraction of sp³-hybridized carbons (Fsp3) is 0.905. The van der Waals surface area contributed by atoms with E-state index in [1.165, 1.54) is 58.2 Å². The van der Waals surface area contributed by atoms with Crippen LogP contribution >= 0.6 is 24.0 Å². The average Bonchev–Trinajstić information content (AvgIpc) is 3.32. The van der Waals surface area contributed by atoms with Gasteiger partial charge in [0, 0.05) is 38.6 Å². The molecule has 1 aliphatic carbocycles. The molecule has 2 saturated heterocycles. The Labute approximate surface area is 188 Å². The van der Waals surface area contributed by atoms with E-state index < -0.39 is 0 Å². The largest absolute Gasteiger partial charge is 0.356 e. The highest BCUT2D eigenvalue weighted by Gasteiger charge is 2.32. The second-order valence-electron chi connectivity index (χ2n) is 8.50. The third kappa shape index (κ3) is 7.35. The number of amides is 1. The normalized spacial score (nSPS) is 24.7. The van der Waals surface area contributed by atoms with Gasteiger partial charge in [0.15, 0.2) is 5.96 Å². The lowest BCUT2D eigenvalue weighted by atomic mass is 10.1. The van der Waals surface area contributed by atoms with E-state index in [2.05, 4.69) is 25.4 Å². The number of hydrogen-bond acceptors (Lipinski definition) is 3. The van der Waals surface area contributed by atoms with E-state index in [1.807, 2.05) is 7.05 Å². The Morgan fingerprint density at radius 2 is 1.71 bits per heavy atom. The molecular formula is C21H40IN5O. The van der Waals surface area contributed by atoms with Gasteiger partial charge < -0.3 is 20.4 Å². The molecule has 2 heterocycles. The maximum Gasteiger partial charge on any atom is 0.225 e. The van der Waals surface area contributed by atoms with Crippen LogP contribution in [0.5, 0.6) is 0 Å². The average molecular weight is 505 g/mol. The zero-order valence-corrected chi connectivity index (χ0v) is 20.0. The van der Waals surface area contributed by atoms with Gasteiger partial charge in [0.25, 0.3) is 0 Å². The van der Waals surface area contributed by atoms with Gasteiger partial charge in [0.2, 0.25) is 5.91 Å². The number of rotatable bonds is 6. The fourth-order valence-electron chi connectivity index (χ4n) is 4.77. The molecule has 3 fully saturated rings. The summed E-state index contributed by atoms with van der Waals surface area (Å²) in [6, 6.07) is 0.326. The van der Waals surface area contributed by atoms with Crippen LogP contribution in [-0.2, 0) is 4.79 Å². The second-order valence-corrected chi connectivity index (χ2v) is 8.50. The second kappa shape index (κ2) is 12.9.